The maximum atomic E-state index is 12.8. The molecule has 0 spiro atoms. The third-order valence-electron chi connectivity index (χ3n) is 5.79. The molecule has 34 heavy (non-hydrogen) atoms. The average molecular weight is 468 g/mol. The number of para-hydroxylation sites is 2. The number of nitrogens with one attached hydrogen (secondary N) is 1. The summed E-state index contributed by atoms with van der Waals surface area (Å²) < 4.78 is 2.03. The van der Waals surface area contributed by atoms with Crippen LogP contribution in [0.1, 0.15) is 22.3 Å². The van der Waals surface area contributed by atoms with E-state index in [-0.39, 0.29) is 11.7 Å². The van der Waals surface area contributed by atoms with Gasteiger partial charge in [0.05, 0.1) is 16.8 Å². The molecule has 7 heteroatoms. The fourth-order valence-corrected chi connectivity index (χ4v) is 5.00. The van der Waals surface area contributed by atoms with Crippen LogP contribution in [-0.2, 0) is 4.79 Å². The van der Waals surface area contributed by atoms with Gasteiger partial charge in [0.1, 0.15) is 5.03 Å². The zero-order valence-corrected chi connectivity index (χ0v) is 20.4. The largest absolute Gasteiger partial charge is 0.325 e. The molecule has 5 aromatic rings. The van der Waals surface area contributed by atoms with Crippen LogP contribution in [-0.4, -0.2) is 31.2 Å². The van der Waals surface area contributed by atoms with Crippen molar-refractivity contribution in [3.63, 3.8) is 0 Å². The second-order valence-corrected chi connectivity index (χ2v) is 9.53. The molecule has 0 aliphatic carbocycles. The molecule has 2 aromatic heterocycles. The van der Waals surface area contributed by atoms with E-state index in [1.54, 1.807) is 0 Å². The predicted octanol–water partition coefficient (Wildman–Crippen LogP) is 5.91. The van der Waals surface area contributed by atoms with Gasteiger partial charge in [0.2, 0.25) is 5.91 Å². The number of anilines is 1. The van der Waals surface area contributed by atoms with Gasteiger partial charge in [0.15, 0.2) is 11.5 Å². The third-order valence-corrected chi connectivity index (χ3v) is 6.74. The molecule has 2 heterocycles. The van der Waals surface area contributed by atoms with Crippen LogP contribution in [0.5, 0.6) is 0 Å². The van der Waals surface area contributed by atoms with E-state index in [1.165, 1.54) is 22.9 Å². The Labute approximate surface area is 202 Å². The number of hydrogen-bond acceptors (Lipinski definition) is 5. The fraction of sp³-hybridized carbons (Fsp3) is 0.185. The number of amides is 1. The topological polar surface area (TPSA) is 72.2 Å². The smallest absolute Gasteiger partial charge is 0.234 e. The Hall–Kier alpha value is -3.71. The molecule has 1 N–H and O–H groups in total. The molecule has 0 unspecified atom stereocenters. The summed E-state index contributed by atoms with van der Waals surface area (Å²) in [5, 5.41) is 12.7. The lowest BCUT2D eigenvalue weighted by Crippen LogP contribution is -2.16. The minimum atomic E-state index is -0.0774. The number of nitrogens with zero attached hydrogens (tertiary/aromatic N) is 4. The van der Waals surface area contributed by atoms with Crippen LogP contribution >= 0.6 is 11.8 Å². The van der Waals surface area contributed by atoms with E-state index >= 15 is 0 Å². The molecule has 0 aliphatic rings. The van der Waals surface area contributed by atoms with Crippen molar-refractivity contribution in [1.29, 1.82) is 0 Å². The van der Waals surface area contributed by atoms with E-state index < -0.39 is 0 Å². The van der Waals surface area contributed by atoms with Crippen LogP contribution in [0.15, 0.2) is 65.7 Å². The summed E-state index contributed by atoms with van der Waals surface area (Å²) in [5.74, 6) is 0.901. The highest BCUT2D eigenvalue weighted by molar-refractivity contribution is 8.00. The van der Waals surface area contributed by atoms with Gasteiger partial charge < -0.3 is 5.32 Å². The Bertz CT molecular complexity index is 1520. The van der Waals surface area contributed by atoms with Crippen molar-refractivity contribution in [1.82, 2.24) is 19.6 Å². The molecular weight excluding hydrogens is 442 g/mol. The van der Waals surface area contributed by atoms with Crippen molar-refractivity contribution in [2.75, 3.05) is 11.1 Å². The Kier molecular flexibility index (Phi) is 5.79. The molecule has 6 nitrogen and oxygen atoms in total. The van der Waals surface area contributed by atoms with E-state index in [9.17, 15) is 4.79 Å². The van der Waals surface area contributed by atoms with E-state index in [2.05, 4.69) is 53.6 Å². The number of carbonyl (C=O) groups excluding carboxylic acids is 1. The van der Waals surface area contributed by atoms with Crippen LogP contribution < -0.4 is 5.32 Å². The lowest BCUT2D eigenvalue weighted by atomic mass is 10.1. The third kappa shape index (κ3) is 4.15. The van der Waals surface area contributed by atoms with Gasteiger partial charge in [0, 0.05) is 11.3 Å². The molecule has 0 bridgehead atoms. The van der Waals surface area contributed by atoms with Crippen LogP contribution in [0, 0.1) is 27.7 Å². The molecule has 0 saturated carbocycles. The summed E-state index contributed by atoms with van der Waals surface area (Å²) in [6.07, 6.45) is 0. The number of hydrogen-bond donors (Lipinski definition) is 1. The highest BCUT2D eigenvalue weighted by atomic mass is 32.2. The van der Waals surface area contributed by atoms with Crippen molar-refractivity contribution in [3.05, 3.63) is 82.9 Å². The zero-order valence-electron chi connectivity index (χ0n) is 19.6. The van der Waals surface area contributed by atoms with Crippen LogP contribution in [0.2, 0.25) is 0 Å². The van der Waals surface area contributed by atoms with Gasteiger partial charge in [-0.25, -0.2) is 4.98 Å². The second kappa shape index (κ2) is 8.91. The molecular formula is C27H25N5OS. The SMILES string of the molecule is Cc1ccc(-c2nnc3c(SCC(=O)Nc4c(C)cc(C)cc4C)nc4ccccc4n23)cc1. The van der Waals surface area contributed by atoms with Gasteiger partial charge in [-0.3, -0.25) is 9.20 Å². The number of rotatable bonds is 5. The molecule has 1 amide bonds. The first-order valence-corrected chi connectivity index (χ1v) is 12.1. The Morgan fingerprint density at radius 3 is 2.35 bits per heavy atom. The summed E-state index contributed by atoms with van der Waals surface area (Å²) in [6.45, 7) is 8.14. The quantitative estimate of drug-likeness (QED) is 0.325. The molecule has 0 atom stereocenters. The number of carbonyl (C=O) groups is 1. The van der Waals surface area contributed by atoms with Crippen molar-refractivity contribution in [3.8, 4) is 11.4 Å². The van der Waals surface area contributed by atoms with Gasteiger partial charge in [-0.1, -0.05) is 71.4 Å². The molecule has 3 aromatic carbocycles. The van der Waals surface area contributed by atoms with Crippen LogP contribution in [0.3, 0.4) is 0 Å². The van der Waals surface area contributed by atoms with E-state index in [0.717, 1.165) is 39.2 Å². The summed E-state index contributed by atoms with van der Waals surface area (Å²) in [5.41, 5.74) is 8.74. The standard InChI is InChI=1S/C27H25N5OS/c1-16-9-11-20(12-10-16)25-30-31-26-27(28-21-7-5-6-8-22(21)32(25)26)34-15-23(33)29-24-18(3)13-17(2)14-19(24)4/h5-14H,15H2,1-4H3,(H,29,33). The molecule has 0 aliphatic heterocycles. The van der Waals surface area contributed by atoms with Crippen molar-refractivity contribution in [2.45, 2.75) is 32.7 Å². The number of aryl methyl sites for hydroxylation is 4. The summed E-state index contributed by atoms with van der Waals surface area (Å²) >= 11 is 1.37. The average Bonchev–Trinajstić information content (AvgIpc) is 3.26. The zero-order chi connectivity index (χ0) is 23.8. The molecule has 0 saturated heterocycles. The van der Waals surface area contributed by atoms with E-state index in [4.69, 9.17) is 4.98 Å². The Morgan fingerprint density at radius 2 is 1.62 bits per heavy atom. The second-order valence-electron chi connectivity index (χ2n) is 8.56. The lowest BCUT2D eigenvalue weighted by molar-refractivity contribution is -0.113. The molecule has 5 rings (SSSR count). The maximum Gasteiger partial charge on any atom is 0.234 e. The first-order valence-electron chi connectivity index (χ1n) is 11.1. The molecule has 170 valence electrons. The predicted molar refractivity (Wildman–Crippen MR) is 138 cm³/mol. The number of thioether (sulfide) groups is 1. The summed E-state index contributed by atoms with van der Waals surface area (Å²) in [7, 11) is 0. The van der Waals surface area contributed by atoms with Crippen molar-refractivity contribution < 1.29 is 4.79 Å². The van der Waals surface area contributed by atoms with Crippen molar-refractivity contribution in [2.24, 2.45) is 0 Å². The van der Waals surface area contributed by atoms with Gasteiger partial charge in [0.25, 0.3) is 0 Å². The van der Waals surface area contributed by atoms with E-state index in [0.29, 0.717) is 10.7 Å². The normalized spacial score (nSPS) is 11.3. The van der Waals surface area contributed by atoms with Crippen LogP contribution in [0.4, 0.5) is 5.69 Å². The first-order chi connectivity index (χ1) is 16.4. The molecule has 0 radical (unpaired) electrons. The first kappa shape index (κ1) is 22.1. The Balaban J connectivity index is 1.49. The van der Waals surface area contributed by atoms with Crippen molar-refractivity contribution >= 4 is 40.0 Å². The summed E-state index contributed by atoms with van der Waals surface area (Å²) in [6, 6.07) is 20.3. The number of aromatic nitrogens is 4. The highest BCUT2D eigenvalue weighted by Crippen LogP contribution is 2.30. The van der Waals surface area contributed by atoms with Gasteiger partial charge >= 0.3 is 0 Å². The maximum absolute atomic E-state index is 12.8. The van der Waals surface area contributed by atoms with Crippen LogP contribution in [0.25, 0.3) is 28.1 Å². The highest BCUT2D eigenvalue weighted by Gasteiger charge is 2.18. The molecule has 0 fully saturated rings. The summed E-state index contributed by atoms with van der Waals surface area (Å²) in [4.78, 5) is 17.6. The monoisotopic (exact) mass is 467 g/mol. The minimum absolute atomic E-state index is 0.0774. The van der Waals surface area contributed by atoms with Gasteiger partial charge in [-0.2, -0.15) is 0 Å². The Morgan fingerprint density at radius 1 is 0.912 bits per heavy atom. The number of benzene rings is 3. The van der Waals surface area contributed by atoms with Gasteiger partial charge in [-0.15, -0.1) is 10.2 Å². The number of fused-ring (bicyclic) bond motifs is 3. The lowest BCUT2D eigenvalue weighted by Gasteiger charge is -2.13. The fourth-order valence-electron chi connectivity index (χ4n) is 4.23. The van der Waals surface area contributed by atoms with E-state index in [1.807, 2.05) is 54.6 Å². The van der Waals surface area contributed by atoms with Gasteiger partial charge in [-0.05, 0) is 51.0 Å². The minimum Gasteiger partial charge on any atom is -0.325 e.